The van der Waals surface area contributed by atoms with E-state index in [1.807, 2.05) is 20.2 Å². The van der Waals surface area contributed by atoms with E-state index in [4.69, 9.17) is 4.98 Å². The van der Waals surface area contributed by atoms with Crippen LogP contribution in [0.2, 0.25) is 0 Å². The summed E-state index contributed by atoms with van der Waals surface area (Å²) in [5, 5.41) is 0. The minimum atomic E-state index is 0.793. The van der Waals surface area contributed by atoms with E-state index in [9.17, 15) is 0 Å². The summed E-state index contributed by atoms with van der Waals surface area (Å²) in [4.78, 5) is 11.9. The Bertz CT molecular complexity index is 697. The number of nitrogens with zero attached hydrogens (tertiary/aromatic N) is 4. The number of imidazole rings is 1. The summed E-state index contributed by atoms with van der Waals surface area (Å²) in [6.07, 6.45) is 13.6. The third-order valence-electron chi connectivity index (χ3n) is 6.22. The van der Waals surface area contributed by atoms with Crippen molar-refractivity contribution >= 4 is 0 Å². The van der Waals surface area contributed by atoms with Gasteiger partial charge in [0.25, 0.3) is 0 Å². The molecule has 4 nitrogen and oxygen atoms in total. The van der Waals surface area contributed by atoms with Crippen molar-refractivity contribution in [3.63, 3.8) is 0 Å². The Labute approximate surface area is 151 Å². The molecule has 2 aliphatic rings. The SMILES string of the molecule is Cc1ncc(-c2ccc(CC3CCCN(C4CCCC4)C3)cn2)n1C. The predicted octanol–water partition coefficient (Wildman–Crippen LogP) is 3.99. The fourth-order valence-corrected chi connectivity index (χ4v) is 4.64. The molecular formula is C21H30N4. The number of hydrogen-bond acceptors (Lipinski definition) is 3. The van der Waals surface area contributed by atoms with Crippen molar-refractivity contribution in [3.8, 4) is 11.4 Å². The normalized spacial score (nSPS) is 22.6. The van der Waals surface area contributed by atoms with Crippen LogP contribution in [-0.4, -0.2) is 38.6 Å². The van der Waals surface area contributed by atoms with Crippen molar-refractivity contribution in [2.75, 3.05) is 13.1 Å². The van der Waals surface area contributed by atoms with Gasteiger partial charge in [0.2, 0.25) is 0 Å². The molecule has 25 heavy (non-hydrogen) atoms. The van der Waals surface area contributed by atoms with Crippen LogP contribution < -0.4 is 0 Å². The van der Waals surface area contributed by atoms with Gasteiger partial charge in [-0.25, -0.2) is 4.98 Å². The number of piperidine rings is 1. The van der Waals surface area contributed by atoms with Crippen LogP contribution in [-0.2, 0) is 13.5 Å². The van der Waals surface area contributed by atoms with E-state index in [0.29, 0.717) is 0 Å². The van der Waals surface area contributed by atoms with Crippen LogP contribution in [0.1, 0.15) is 49.9 Å². The second kappa shape index (κ2) is 7.28. The monoisotopic (exact) mass is 338 g/mol. The molecule has 4 heteroatoms. The summed E-state index contributed by atoms with van der Waals surface area (Å²) >= 11 is 0. The van der Waals surface area contributed by atoms with Gasteiger partial charge in [-0.1, -0.05) is 18.9 Å². The van der Waals surface area contributed by atoms with E-state index in [-0.39, 0.29) is 0 Å². The average Bonchev–Trinajstić information content (AvgIpc) is 3.28. The van der Waals surface area contributed by atoms with Crippen LogP contribution in [0, 0.1) is 12.8 Å². The lowest BCUT2D eigenvalue weighted by molar-refractivity contribution is 0.125. The molecule has 1 unspecified atom stereocenters. The van der Waals surface area contributed by atoms with Gasteiger partial charge in [-0.2, -0.15) is 0 Å². The second-order valence-corrected chi connectivity index (χ2v) is 7.95. The Morgan fingerprint density at radius 3 is 2.56 bits per heavy atom. The maximum absolute atomic E-state index is 4.71. The van der Waals surface area contributed by atoms with E-state index < -0.39 is 0 Å². The molecule has 3 heterocycles. The van der Waals surface area contributed by atoms with Crippen molar-refractivity contribution in [2.24, 2.45) is 13.0 Å². The average molecular weight is 338 g/mol. The van der Waals surface area contributed by atoms with Crippen LogP contribution in [0.4, 0.5) is 0 Å². The third-order valence-corrected chi connectivity index (χ3v) is 6.22. The molecule has 1 aliphatic carbocycles. The quantitative estimate of drug-likeness (QED) is 0.845. The van der Waals surface area contributed by atoms with E-state index >= 15 is 0 Å². The Morgan fingerprint density at radius 2 is 1.88 bits per heavy atom. The molecule has 1 saturated carbocycles. The molecule has 0 bridgehead atoms. The minimum absolute atomic E-state index is 0.793. The molecule has 2 aromatic heterocycles. The molecule has 0 spiro atoms. The van der Waals surface area contributed by atoms with Crippen molar-refractivity contribution < 1.29 is 0 Å². The first-order chi connectivity index (χ1) is 12.2. The van der Waals surface area contributed by atoms with Gasteiger partial charge < -0.3 is 9.47 Å². The number of aromatic nitrogens is 3. The molecule has 1 atom stereocenters. The van der Waals surface area contributed by atoms with Crippen LogP contribution >= 0.6 is 0 Å². The molecule has 4 rings (SSSR count). The van der Waals surface area contributed by atoms with Crippen LogP contribution in [0.3, 0.4) is 0 Å². The van der Waals surface area contributed by atoms with Gasteiger partial charge in [-0.15, -0.1) is 0 Å². The molecule has 1 saturated heterocycles. The second-order valence-electron chi connectivity index (χ2n) is 7.95. The van der Waals surface area contributed by atoms with E-state index in [1.54, 1.807) is 0 Å². The van der Waals surface area contributed by atoms with Crippen LogP contribution in [0.25, 0.3) is 11.4 Å². The summed E-state index contributed by atoms with van der Waals surface area (Å²) in [6, 6.07) is 5.29. The molecule has 0 N–H and O–H groups in total. The lowest BCUT2D eigenvalue weighted by Gasteiger charge is -2.37. The van der Waals surface area contributed by atoms with Crippen molar-refractivity contribution in [3.05, 3.63) is 35.9 Å². The van der Waals surface area contributed by atoms with Gasteiger partial charge in [0, 0.05) is 25.8 Å². The molecule has 2 fully saturated rings. The topological polar surface area (TPSA) is 34.0 Å². The number of likely N-dealkylation sites (tertiary alicyclic amines) is 1. The lowest BCUT2D eigenvalue weighted by atomic mass is 9.91. The van der Waals surface area contributed by atoms with Gasteiger partial charge >= 0.3 is 0 Å². The summed E-state index contributed by atoms with van der Waals surface area (Å²) in [6.45, 7) is 4.63. The zero-order valence-electron chi connectivity index (χ0n) is 15.6. The third kappa shape index (κ3) is 3.64. The molecule has 2 aromatic rings. The van der Waals surface area contributed by atoms with E-state index in [1.165, 1.54) is 63.6 Å². The first-order valence-electron chi connectivity index (χ1n) is 9.88. The zero-order valence-corrected chi connectivity index (χ0v) is 15.6. The fraction of sp³-hybridized carbons (Fsp3) is 0.619. The standard InChI is InChI=1S/C21H30N4/c1-16-22-14-21(24(16)2)20-10-9-17(13-23-20)12-18-6-5-11-25(15-18)19-7-3-4-8-19/h9-10,13-14,18-19H,3-8,11-12,15H2,1-2H3. The summed E-state index contributed by atoms with van der Waals surface area (Å²) in [5.41, 5.74) is 3.48. The van der Waals surface area contributed by atoms with Crippen LogP contribution in [0.15, 0.2) is 24.5 Å². The Balaban J connectivity index is 1.40. The molecule has 0 amide bonds. The number of rotatable bonds is 4. The Kier molecular flexibility index (Phi) is 4.89. The van der Waals surface area contributed by atoms with Crippen LogP contribution in [0.5, 0.6) is 0 Å². The highest BCUT2D eigenvalue weighted by Crippen LogP contribution is 2.29. The van der Waals surface area contributed by atoms with E-state index in [0.717, 1.165) is 29.2 Å². The number of hydrogen-bond donors (Lipinski definition) is 0. The number of pyridine rings is 1. The molecule has 0 radical (unpaired) electrons. The highest BCUT2D eigenvalue weighted by molar-refractivity contribution is 5.54. The summed E-state index contributed by atoms with van der Waals surface area (Å²) in [7, 11) is 2.05. The molecule has 134 valence electrons. The molecule has 1 aliphatic heterocycles. The molecular weight excluding hydrogens is 308 g/mol. The molecule has 0 aromatic carbocycles. The Morgan fingerprint density at radius 1 is 1.04 bits per heavy atom. The van der Waals surface area contributed by atoms with Gasteiger partial charge in [0.1, 0.15) is 5.82 Å². The first kappa shape index (κ1) is 16.8. The smallest absolute Gasteiger partial charge is 0.105 e. The van der Waals surface area contributed by atoms with Gasteiger partial charge in [0.05, 0.1) is 17.6 Å². The van der Waals surface area contributed by atoms with Gasteiger partial charge in [-0.3, -0.25) is 4.98 Å². The fourth-order valence-electron chi connectivity index (χ4n) is 4.64. The van der Waals surface area contributed by atoms with Gasteiger partial charge in [-0.05, 0) is 63.1 Å². The Hall–Kier alpha value is -1.68. The first-order valence-corrected chi connectivity index (χ1v) is 9.88. The van der Waals surface area contributed by atoms with Crippen molar-refractivity contribution in [1.29, 1.82) is 0 Å². The maximum atomic E-state index is 4.71. The maximum Gasteiger partial charge on any atom is 0.105 e. The van der Waals surface area contributed by atoms with Gasteiger partial charge in [0.15, 0.2) is 0 Å². The highest BCUT2D eigenvalue weighted by Gasteiger charge is 2.27. The predicted molar refractivity (Wildman–Crippen MR) is 101 cm³/mol. The van der Waals surface area contributed by atoms with Crippen molar-refractivity contribution in [1.82, 2.24) is 19.4 Å². The largest absolute Gasteiger partial charge is 0.330 e. The summed E-state index contributed by atoms with van der Waals surface area (Å²) < 4.78 is 2.10. The number of aryl methyl sites for hydroxylation is 1. The van der Waals surface area contributed by atoms with E-state index in [2.05, 4.69) is 32.8 Å². The highest BCUT2D eigenvalue weighted by atomic mass is 15.2. The lowest BCUT2D eigenvalue weighted by Crippen LogP contribution is -2.42. The van der Waals surface area contributed by atoms with Crippen molar-refractivity contribution in [2.45, 2.75) is 57.9 Å². The zero-order chi connectivity index (χ0) is 17.2. The summed E-state index contributed by atoms with van der Waals surface area (Å²) in [5.74, 6) is 1.82. The minimum Gasteiger partial charge on any atom is -0.330 e.